The molecule has 0 saturated carbocycles. The summed E-state index contributed by atoms with van der Waals surface area (Å²) in [7, 11) is 0. The molecule has 212 valence electrons. The van der Waals surface area contributed by atoms with E-state index in [9.17, 15) is 19.2 Å². The maximum atomic E-state index is 10.2. The van der Waals surface area contributed by atoms with E-state index in [1.807, 2.05) is 0 Å². The van der Waals surface area contributed by atoms with Gasteiger partial charge in [-0.1, -0.05) is 0 Å². The van der Waals surface area contributed by atoms with Crippen LogP contribution in [0.15, 0.2) is 0 Å². The fourth-order valence-electron chi connectivity index (χ4n) is 1.34. The predicted molar refractivity (Wildman–Crippen MR) is 132 cm³/mol. The van der Waals surface area contributed by atoms with Crippen LogP contribution < -0.4 is 45.0 Å². The van der Waals surface area contributed by atoms with Gasteiger partial charge in [-0.2, -0.15) is 0 Å². The average Bonchev–Trinajstić information content (AvgIpc) is 2.74. The molecule has 0 rings (SSSR count). The lowest BCUT2D eigenvalue weighted by atomic mass is 10.2. The first-order chi connectivity index (χ1) is 16.4. The van der Waals surface area contributed by atoms with Crippen molar-refractivity contribution in [2.75, 3.05) is 13.1 Å². The van der Waals surface area contributed by atoms with Gasteiger partial charge in [0.2, 0.25) is 0 Å². The molecule has 20 N–H and O–H groups in total. The summed E-state index contributed by atoms with van der Waals surface area (Å²) in [6.07, 6.45) is 1.95. The van der Waals surface area contributed by atoms with Gasteiger partial charge in [-0.3, -0.25) is 30.0 Å². The van der Waals surface area contributed by atoms with Crippen LogP contribution in [0.4, 0.5) is 0 Å². The smallest absolute Gasteiger partial charge is 0.320 e. The van der Waals surface area contributed by atoms with E-state index in [1.54, 1.807) is 0 Å². The second-order valence-electron chi connectivity index (χ2n) is 7.11. The Kier molecular flexibility index (Phi) is 26.7. The minimum atomic E-state index is -1.00. The van der Waals surface area contributed by atoms with Crippen LogP contribution >= 0.6 is 0 Å². The fourth-order valence-corrected chi connectivity index (χ4v) is 1.34. The first kappa shape index (κ1) is 39.5. The number of rotatable bonds is 12. The minimum Gasteiger partial charge on any atom is -0.480 e. The van der Waals surface area contributed by atoms with E-state index >= 15 is 0 Å². The van der Waals surface area contributed by atoms with Gasteiger partial charge in [-0.15, -0.1) is 0 Å². The van der Waals surface area contributed by atoms with Crippen molar-refractivity contribution < 1.29 is 39.6 Å². The molecule has 0 aliphatic carbocycles. The quantitative estimate of drug-likeness (QED) is 0.0657. The maximum absolute atomic E-state index is 10.2. The van der Waals surface area contributed by atoms with Crippen LogP contribution in [0.3, 0.4) is 0 Å². The number of guanidine groups is 2. The van der Waals surface area contributed by atoms with E-state index in [-0.39, 0.29) is 11.9 Å². The van der Waals surface area contributed by atoms with Gasteiger partial charge >= 0.3 is 23.9 Å². The molecule has 0 spiro atoms. The molecule has 0 aromatic heterocycles. The van der Waals surface area contributed by atoms with Crippen LogP contribution in [0.2, 0.25) is 0 Å². The average molecular weight is 527 g/mol. The van der Waals surface area contributed by atoms with Crippen LogP contribution in [-0.4, -0.2) is 93.5 Å². The molecule has 36 heavy (non-hydrogen) atoms. The molecule has 18 heteroatoms. The van der Waals surface area contributed by atoms with Crippen molar-refractivity contribution in [1.82, 2.24) is 10.6 Å². The highest BCUT2D eigenvalue weighted by atomic mass is 16.4. The summed E-state index contributed by atoms with van der Waals surface area (Å²) >= 11 is 0. The van der Waals surface area contributed by atoms with E-state index in [0.717, 1.165) is 0 Å². The van der Waals surface area contributed by atoms with Crippen molar-refractivity contribution in [2.24, 2.45) is 34.4 Å². The van der Waals surface area contributed by atoms with Crippen molar-refractivity contribution >= 4 is 35.8 Å². The summed E-state index contributed by atoms with van der Waals surface area (Å²) in [6.45, 7) is 3.80. The van der Waals surface area contributed by atoms with E-state index in [2.05, 4.69) is 10.6 Å². The molecule has 0 heterocycles. The van der Waals surface area contributed by atoms with Gasteiger partial charge in [0.15, 0.2) is 11.9 Å². The third-order valence-electron chi connectivity index (χ3n) is 3.43. The Morgan fingerprint density at radius 3 is 1.00 bits per heavy atom. The molecule has 18 nitrogen and oxygen atoms in total. The van der Waals surface area contributed by atoms with Crippen LogP contribution in [0.1, 0.15) is 39.5 Å². The molecule has 0 bridgehead atoms. The Hall–Kier alpha value is -3.74. The van der Waals surface area contributed by atoms with Gasteiger partial charge in [0.05, 0.1) is 0 Å². The Bertz CT molecular complexity index is 620. The number of carboxylic acid groups (broad SMARTS) is 4. The molecular formula is C18H42N10O8. The summed E-state index contributed by atoms with van der Waals surface area (Å²) in [6, 6.07) is -3.10. The number of hydrogen-bond acceptors (Lipinski definition) is 10. The molecule has 4 atom stereocenters. The molecule has 0 amide bonds. The monoisotopic (exact) mass is 526 g/mol. The van der Waals surface area contributed by atoms with Crippen molar-refractivity contribution in [2.45, 2.75) is 63.7 Å². The number of carbonyl (C=O) groups is 4. The topological polar surface area (TPSA) is 377 Å². The summed E-state index contributed by atoms with van der Waals surface area (Å²) < 4.78 is 0. The van der Waals surface area contributed by atoms with Gasteiger partial charge in [0.25, 0.3) is 0 Å². The van der Waals surface area contributed by atoms with Crippen molar-refractivity contribution in [3.05, 3.63) is 0 Å². The van der Waals surface area contributed by atoms with E-state index < -0.39 is 48.0 Å². The third kappa shape index (κ3) is 37.6. The largest absolute Gasteiger partial charge is 0.480 e. The lowest BCUT2D eigenvalue weighted by Crippen LogP contribution is -2.34. The molecular weight excluding hydrogens is 484 g/mol. The van der Waals surface area contributed by atoms with E-state index in [4.69, 9.17) is 65.6 Å². The number of hydrogen-bond donors (Lipinski definition) is 14. The molecule has 0 aromatic rings. The Labute approximate surface area is 208 Å². The highest BCUT2D eigenvalue weighted by Gasteiger charge is 2.10. The molecule has 0 aliphatic heterocycles. The maximum Gasteiger partial charge on any atom is 0.320 e. The number of carboxylic acids is 4. The molecule has 0 radical (unpaired) electrons. The summed E-state index contributed by atoms with van der Waals surface area (Å²) in [4.78, 5) is 39.6. The number of aliphatic carboxylic acids is 4. The van der Waals surface area contributed by atoms with Gasteiger partial charge < -0.3 is 65.5 Å². The lowest BCUT2D eigenvalue weighted by molar-refractivity contribution is -0.139. The van der Waals surface area contributed by atoms with Gasteiger partial charge in [-0.05, 0) is 39.5 Å². The van der Waals surface area contributed by atoms with Crippen LogP contribution in [0.5, 0.6) is 0 Å². The molecule has 0 fully saturated rings. The molecule has 0 unspecified atom stereocenters. The van der Waals surface area contributed by atoms with E-state index in [0.29, 0.717) is 38.8 Å². The molecule has 0 saturated heterocycles. The minimum absolute atomic E-state index is 0.112. The van der Waals surface area contributed by atoms with Crippen LogP contribution in [0, 0.1) is 10.8 Å². The van der Waals surface area contributed by atoms with Crippen LogP contribution in [0.25, 0.3) is 0 Å². The Morgan fingerprint density at radius 2 is 0.861 bits per heavy atom. The van der Waals surface area contributed by atoms with Gasteiger partial charge in [0.1, 0.15) is 24.2 Å². The first-order valence-electron chi connectivity index (χ1n) is 10.5. The SMILES string of the molecule is C[C@H](N)C(=O)O.C[C@H](N)C(=O)O.N=C(N)NCCC[C@H](N)C(=O)O.N=C(N)NCCC[C@H](N)C(=O)O. The second-order valence-corrected chi connectivity index (χ2v) is 7.11. The summed E-state index contributed by atoms with van der Waals surface area (Å²) in [5.41, 5.74) is 30.1. The predicted octanol–water partition coefficient (Wildman–Crippen LogP) is -3.84. The van der Waals surface area contributed by atoms with Crippen LogP contribution in [-0.2, 0) is 19.2 Å². The lowest BCUT2D eigenvalue weighted by Gasteiger charge is -2.06. The van der Waals surface area contributed by atoms with Crippen molar-refractivity contribution in [3.63, 3.8) is 0 Å². The van der Waals surface area contributed by atoms with Gasteiger partial charge in [-0.25, -0.2) is 0 Å². The molecule has 0 aromatic carbocycles. The highest BCUT2D eigenvalue weighted by Crippen LogP contribution is 1.93. The third-order valence-corrected chi connectivity index (χ3v) is 3.43. The Morgan fingerprint density at radius 1 is 0.639 bits per heavy atom. The van der Waals surface area contributed by atoms with Crippen molar-refractivity contribution in [3.8, 4) is 0 Å². The normalized spacial score (nSPS) is 12.6. The van der Waals surface area contributed by atoms with Gasteiger partial charge in [0, 0.05) is 13.1 Å². The first-order valence-corrected chi connectivity index (χ1v) is 10.5. The van der Waals surface area contributed by atoms with Crippen molar-refractivity contribution in [1.29, 1.82) is 10.8 Å². The Balaban J connectivity index is -0.000000200. The number of nitrogens with one attached hydrogen (secondary N) is 4. The summed E-state index contributed by atoms with van der Waals surface area (Å²) in [5.74, 6) is -4.15. The standard InChI is InChI=1S/2C6H14N4O2.2C3H7NO2/c2*7-4(5(11)12)2-1-3-10-6(8)9;2*1-2(4)3(5)6/h2*4H,1-3,7H2,(H,11,12)(H4,8,9,10);2*2H,4H2,1H3,(H,5,6)/t2*4-;2*2-/m0000/s1. The second kappa shape index (κ2) is 24.4. The zero-order chi connectivity index (χ0) is 29.4. The van der Waals surface area contributed by atoms with E-state index in [1.165, 1.54) is 13.8 Å². The zero-order valence-corrected chi connectivity index (χ0v) is 20.4. The highest BCUT2D eigenvalue weighted by molar-refractivity contribution is 5.75. The number of nitrogens with two attached hydrogens (primary N) is 6. The zero-order valence-electron chi connectivity index (χ0n) is 20.4. The molecule has 0 aliphatic rings. The summed E-state index contributed by atoms with van der Waals surface area (Å²) in [5, 5.41) is 51.2. The fraction of sp³-hybridized carbons (Fsp3) is 0.667.